The Kier molecular flexibility index (Phi) is 29.6. The molecular formula is C6H7K2NO5. The van der Waals surface area contributed by atoms with E-state index >= 15 is 0 Å². The van der Waals surface area contributed by atoms with E-state index in [1.165, 1.54) is 0 Å². The van der Waals surface area contributed by atoms with Crippen molar-refractivity contribution in [3.8, 4) is 0 Å². The molecule has 68 valence electrons. The van der Waals surface area contributed by atoms with Gasteiger partial charge in [0.2, 0.25) is 5.91 Å². The van der Waals surface area contributed by atoms with Gasteiger partial charge >= 0.3 is 103 Å². The predicted octanol–water partition coefficient (Wildman–Crippen LogP) is -9.46. The molecule has 0 spiro atoms. The molecule has 0 rings (SSSR count). The summed E-state index contributed by atoms with van der Waals surface area (Å²) in [6, 6.07) is 0. The largest absolute Gasteiger partial charge is 1.00 e. The molecule has 0 bridgehead atoms. The van der Waals surface area contributed by atoms with Gasteiger partial charge in [-0.1, -0.05) is 6.58 Å². The minimum Gasteiger partial charge on any atom is -0.550 e. The minimum absolute atomic E-state index is 0. The average molecular weight is 251 g/mol. The molecule has 0 aromatic heterocycles. The van der Waals surface area contributed by atoms with E-state index in [1.54, 1.807) is 0 Å². The van der Waals surface area contributed by atoms with E-state index < -0.39 is 24.3 Å². The zero-order chi connectivity index (χ0) is 10.1. The summed E-state index contributed by atoms with van der Waals surface area (Å²) in [6.07, 6.45) is 0.0278. The van der Waals surface area contributed by atoms with Crippen LogP contribution in [0.3, 0.4) is 0 Å². The normalized spacial score (nSPS) is 6.29. The van der Waals surface area contributed by atoms with Crippen molar-refractivity contribution in [3.05, 3.63) is 12.7 Å². The number of nitrogens with two attached hydrogens (primary N) is 1. The van der Waals surface area contributed by atoms with Crippen molar-refractivity contribution in [2.24, 2.45) is 5.73 Å². The quantitative estimate of drug-likeness (QED) is 0.303. The standard InChI is InChI=1S/C3H5NO.C3H4O4.2K/c1-2-3(4)5;4-2(5)1-3(6)7;;/h2H,1H2,(H2,4,5);1H2,(H,4,5)(H,6,7);;/q;;2*+1/p-2. The Morgan fingerprint density at radius 1 is 1.14 bits per heavy atom. The number of hydrogen-bond donors (Lipinski definition) is 1. The van der Waals surface area contributed by atoms with Crippen LogP contribution in [0.25, 0.3) is 0 Å². The summed E-state index contributed by atoms with van der Waals surface area (Å²) >= 11 is 0. The van der Waals surface area contributed by atoms with E-state index in [4.69, 9.17) is 0 Å². The van der Waals surface area contributed by atoms with Crippen LogP contribution in [0.5, 0.6) is 0 Å². The van der Waals surface area contributed by atoms with Crippen LogP contribution in [-0.2, 0) is 14.4 Å². The number of carbonyl (C=O) groups excluding carboxylic acids is 3. The number of amides is 1. The molecule has 0 aromatic rings. The van der Waals surface area contributed by atoms with Crippen molar-refractivity contribution in [3.63, 3.8) is 0 Å². The minimum atomic E-state index is -1.63. The molecule has 2 N–H and O–H groups in total. The maximum absolute atomic E-state index is 9.47. The third-order valence-electron chi connectivity index (χ3n) is 0.490. The van der Waals surface area contributed by atoms with Crippen molar-refractivity contribution < 1.29 is 127 Å². The van der Waals surface area contributed by atoms with E-state index in [1.807, 2.05) is 0 Å². The van der Waals surface area contributed by atoms with E-state index in [0.717, 1.165) is 6.08 Å². The summed E-state index contributed by atoms with van der Waals surface area (Å²) in [4.78, 5) is 28.0. The van der Waals surface area contributed by atoms with Gasteiger partial charge in [0.1, 0.15) is 0 Å². The Labute approximate surface area is 166 Å². The number of carboxylic acids is 2. The van der Waals surface area contributed by atoms with E-state index in [0.29, 0.717) is 0 Å². The number of hydrogen-bond acceptors (Lipinski definition) is 5. The molecule has 0 aromatic carbocycles. The van der Waals surface area contributed by atoms with Crippen LogP contribution in [0.2, 0.25) is 0 Å². The first kappa shape index (κ1) is 24.6. The van der Waals surface area contributed by atoms with Crippen LogP contribution >= 0.6 is 0 Å². The number of rotatable bonds is 3. The summed E-state index contributed by atoms with van der Waals surface area (Å²) in [7, 11) is 0. The fraction of sp³-hybridized carbons (Fsp3) is 0.167. The molecule has 0 unspecified atom stereocenters. The molecule has 0 aliphatic heterocycles. The van der Waals surface area contributed by atoms with Crippen LogP contribution in [0.1, 0.15) is 6.42 Å². The first-order chi connectivity index (χ1) is 5.40. The fourth-order valence-electron chi connectivity index (χ4n) is 0.118. The molecule has 0 atom stereocenters. The van der Waals surface area contributed by atoms with Gasteiger partial charge in [0, 0.05) is 18.4 Å². The third kappa shape index (κ3) is 37.6. The Morgan fingerprint density at radius 2 is 1.36 bits per heavy atom. The molecular weight excluding hydrogens is 244 g/mol. The monoisotopic (exact) mass is 251 g/mol. The molecule has 8 heteroatoms. The van der Waals surface area contributed by atoms with Gasteiger partial charge in [-0.05, 0) is 6.08 Å². The average Bonchev–Trinajstić information content (AvgIpc) is 1.85. The summed E-state index contributed by atoms with van der Waals surface area (Å²) < 4.78 is 0. The molecule has 1 amide bonds. The van der Waals surface area contributed by atoms with Gasteiger partial charge in [0.15, 0.2) is 0 Å². The summed E-state index contributed by atoms with van der Waals surface area (Å²) in [6.45, 7) is 3.09. The molecule has 6 nitrogen and oxygen atoms in total. The second-order valence-electron chi connectivity index (χ2n) is 1.53. The Hall–Kier alpha value is 1.42. The van der Waals surface area contributed by atoms with Gasteiger partial charge < -0.3 is 25.5 Å². The molecule has 0 saturated heterocycles. The van der Waals surface area contributed by atoms with Gasteiger partial charge in [-0.15, -0.1) is 0 Å². The number of primary amides is 1. The van der Waals surface area contributed by atoms with Crippen LogP contribution in [-0.4, -0.2) is 17.8 Å². The molecule has 0 fully saturated rings. The molecule has 0 heterocycles. The molecule has 0 aliphatic rings. The molecule has 0 radical (unpaired) electrons. The van der Waals surface area contributed by atoms with Gasteiger partial charge in [-0.2, -0.15) is 0 Å². The third-order valence-corrected chi connectivity index (χ3v) is 0.490. The molecule has 0 saturated carbocycles. The maximum atomic E-state index is 9.47. The molecule has 0 aliphatic carbocycles. The van der Waals surface area contributed by atoms with E-state index in [2.05, 4.69) is 12.3 Å². The van der Waals surface area contributed by atoms with Crippen molar-refractivity contribution in [2.45, 2.75) is 6.42 Å². The van der Waals surface area contributed by atoms with E-state index in [9.17, 15) is 24.6 Å². The van der Waals surface area contributed by atoms with Crippen LogP contribution in [0.15, 0.2) is 12.7 Å². The van der Waals surface area contributed by atoms with Crippen molar-refractivity contribution >= 4 is 17.8 Å². The fourth-order valence-corrected chi connectivity index (χ4v) is 0.118. The first-order valence-corrected chi connectivity index (χ1v) is 2.71. The van der Waals surface area contributed by atoms with Gasteiger partial charge in [-0.25, -0.2) is 0 Å². The second-order valence-corrected chi connectivity index (χ2v) is 1.53. The molecule has 14 heavy (non-hydrogen) atoms. The van der Waals surface area contributed by atoms with E-state index in [-0.39, 0.29) is 103 Å². The van der Waals surface area contributed by atoms with Gasteiger partial charge in [0.25, 0.3) is 0 Å². The smallest absolute Gasteiger partial charge is 0.550 e. The number of aliphatic carboxylic acids is 2. The Balaban J connectivity index is -0.0000000651. The Morgan fingerprint density at radius 3 is 1.36 bits per heavy atom. The Bertz CT molecular complexity index is 194. The zero-order valence-corrected chi connectivity index (χ0v) is 14.4. The van der Waals surface area contributed by atoms with Gasteiger partial charge in [0.05, 0.1) is 0 Å². The summed E-state index contributed by atoms with van der Waals surface area (Å²) in [5.41, 5.74) is 4.53. The van der Waals surface area contributed by atoms with Gasteiger partial charge in [-0.3, -0.25) is 4.79 Å². The summed E-state index contributed by atoms with van der Waals surface area (Å²) in [5, 5.41) is 18.6. The second kappa shape index (κ2) is 16.8. The van der Waals surface area contributed by atoms with Crippen molar-refractivity contribution in [1.82, 2.24) is 0 Å². The van der Waals surface area contributed by atoms with Crippen molar-refractivity contribution in [2.75, 3.05) is 0 Å². The van der Waals surface area contributed by atoms with Crippen LogP contribution in [0.4, 0.5) is 0 Å². The number of carboxylic acid groups (broad SMARTS) is 2. The predicted molar refractivity (Wildman–Crippen MR) is 34.0 cm³/mol. The maximum Gasteiger partial charge on any atom is 1.00 e. The van der Waals surface area contributed by atoms with Crippen LogP contribution in [0, 0.1) is 0 Å². The summed E-state index contributed by atoms with van der Waals surface area (Å²) in [5.74, 6) is -3.73. The number of carbonyl (C=O) groups is 3. The first-order valence-electron chi connectivity index (χ1n) is 2.71. The zero-order valence-electron chi connectivity index (χ0n) is 8.11. The topological polar surface area (TPSA) is 123 Å². The van der Waals surface area contributed by atoms with Crippen LogP contribution < -0.4 is 119 Å². The van der Waals surface area contributed by atoms with Crippen molar-refractivity contribution in [1.29, 1.82) is 0 Å². The SMILES string of the molecule is C=CC(N)=O.O=C([O-])CC(=O)[O-].[K+].[K+].